The van der Waals surface area contributed by atoms with Crippen molar-refractivity contribution in [3.63, 3.8) is 0 Å². The minimum Gasteiger partial charge on any atom is -0.218 e. The summed E-state index contributed by atoms with van der Waals surface area (Å²) in [4.78, 5) is 8.06. The third-order valence-electron chi connectivity index (χ3n) is 1.74. The highest BCUT2D eigenvalue weighted by molar-refractivity contribution is 9.10. The molecule has 2 nitrogen and oxygen atoms in total. The fourth-order valence-electron chi connectivity index (χ4n) is 1.15. The summed E-state index contributed by atoms with van der Waals surface area (Å²) in [6.07, 6.45) is 0. The van der Waals surface area contributed by atoms with Crippen LogP contribution in [0.3, 0.4) is 0 Å². The minimum absolute atomic E-state index is 0.248. The fraction of sp³-hybridized carbons (Fsp3) is 0. The smallest absolute Gasteiger partial charge is 0.218 e. The number of hydrogen-bond donors (Lipinski definition) is 0. The summed E-state index contributed by atoms with van der Waals surface area (Å²) in [5, 5.41) is 0.248. The predicted octanol–water partition coefficient (Wildman–Crippen LogP) is 3.56. The Morgan fingerprint density at radius 1 is 1.07 bits per heavy atom. The topological polar surface area (TPSA) is 25.8 Å². The van der Waals surface area contributed by atoms with Gasteiger partial charge in [-0.05, 0) is 33.6 Å². The second-order valence-corrected chi connectivity index (χ2v) is 3.86. The van der Waals surface area contributed by atoms with Gasteiger partial charge in [0.25, 0.3) is 0 Å². The Labute approximate surface area is 95.1 Å². The molecule has 0 radical (unpaired) electrons. The molecule has 2 aromatic rings. The molecule has 14 heavy (non-hydrogen) atoms. The molecule has 0 bridgehead atoms. The number of rotatable bonds is 1. The predicted molar refractivity (Wildman–Crippen MR) is 60.2 cm³/mol. The second-order valence-electron chi connectivity index (χ2n) is 2.71. The molecule has 4 heteroatoms. The molecule has 0 amide bonds. The van der Waals surface area contributed by atoms with Crippen molar-refractivity contribution in [2.75, 3.05) is 0 Å². The molecular formula is C10H6BrClN2. The maximum absolute atomic E-state index is 5.75. The van der Waals surface area contributed by atoms with Crippen LogP contribution in [0.4, 0.5) is 0 Å². The normalized spacial score (nSPS) is 10.1. The van der Waals surface area contributed by atoms with E-state index in [1.165, 1.54) is 0 Å². The number of benzene rings is 1. The second kappa shape index (κ2) is 4.07. The number of halogens is 2. The van der Waals surface area contributed by atoms with Gasteiger partial charge in [0.05, 0.1) is 5.69 Å². The molecule has 0 atom stereocenters. The van der Waals surface area contributed by atoms with E-state index in [1.807, 2.05) is 36.4 Å². The van der Waals surface area contributed by atoms with Crippen molar-refractivity contribution in [1.82, 2.24) is 9.97 Å². The zero-order valence-corrected chi connectivity index (χ0v) is 9.46. The van der Waals surface area contributed by atoms with Crippen LogP contribution in [0, 0.1) is 0 Å². The number of nitrogens with zero attached hydrogens (tertiary/aromatic N) is 2. The molecule has 1 heterocycles. The highest BCUT2D eigenvalue weighted by atomic mass is 79.9. The van der Waals surface area contributed by atoms with Crippen molar-refractivity contribution >= 4 is 27.5 Å². The van der Waals surface area contributed by atoms with Gasteiger partial charge < -0.3 is 0 Å². The van der Waals surface area contributed by atoms with Crippen LogP contribution in [0.25, 0.3) is 11.3 Å². The Balaban J connectivity index is 2.52. The highest BCUT2D eigenvalue weighted by Gasteiger charge is 2.02. The highest BCUT2D eigenvalue weighted by Crippen LogP contribution is 2.21. The van der Waals surface area contributed by atoms with Crippen LogP contribution in [0.5, 0.6) is 0 Å². The quantitative estimate of drug-likeness (QED) is 0.584. The van der Waals surface area contributed by atoms with Gasteiger partial charge in [0.1, 0.15) is 4.60 Å². The van der Waals surface area contributed by atoms with E-state index < -0.39 is 0 Å². The molecule has 0 saturated heterocycles. The van der Waals surface area contributed by atoms with E-state index in [0.29, 0.717) is 4.60 Å². The molecule has 0 aliphatic heterocycles. The Hall–Kier alpha value is -0.930. The first-order valence-corrected chi connectivity index (χ1v) is 5.18. The van der Waals surface area contributed by atoms with E-state index in [1.54, 1.807) is 0 Å². The van der Waals surface area contributed by atoms with Crippen LogP contribution in [-0.4, -0.2) is 9.97 Å². The van der Waals surface area contributed by atoms with Crippen LogP contribution < -0.4 is 0 Å². The van der Waals surface area contributed by atoms with Crippen molar-refractivity contribution in [1.29, 1.82) is 0 Å². The van der Waals surface area contributed by atoms with Crippen LogP contribution in [-0.2, 0) is 0 Å². The van der Waals surface area contributed by atoms with Gasteiger partial charge in [-0.25, -0.2) is 9.97 Å². The first-order valence-electron chi connectivity index (χ1n) is 4.01. The molecule has 0 N–H and O–H groups in total. The molecule has 0 unspecified atom stereocenters. The maximum Gasteiger partial charge on any atom is 0.223 e. The largest absolute Gasteiger partial charge is 0.223 e. The average Bonchev–Trinajstić information content (AvgIpc) is 2.18. The van der Waals surface area contributed by atoms with Crippen LogP contribution in [0.2, 0.25) is 5.28 Å². The lowest BCUT2D eigenvalue weighted by atomic mass is 10.1. The van der Waals surface area contributed by atoms with Gasteiger partial charge in [-0.15, -0.1) is 0 Å². The third-order valence-corrected chi connectivity index (χ3v) is 2.31. The van der Waals surface area contributed by atoms with Crippen molar-refractivity contribution < 1.29 is 0 Å². The monoisotopic (exact) mass is 268 g/mol. The summed E-state index contributed by atoms with van der Waals surface area (Å²) >= 11 is 9.02. The molecule has 0 spiro atoms. The van der Waals surface area contributed by atoms with Gasteiger partial charge in [-0.1, -0.05) is 30.3 Å². The van der Waals surface area contributed by atoms with Gasteiger partial charge >= 0.3 is 0 Å². The van der Waals surface area contributed by atoms with Gasteiger partial charge in [-0.3, -0.25) is 0 Å². The number of aromatic nitrogens is 2. The van der Waals surface area contributed by atoms with E-state index in [2.05, 4.69) is 25.9 Å². The van der Waals surface area contributed by atoms with Crippen molar-refractivity contribution in [3.05, 3.63) is 46.3 Å². The molecule has 0 fully saturated rings. The summed E-state index contributed by atoms with van der Waals surface area (Å²) in [7, 11) is 0. The van der Waals surface area contributed by atoms with Crippen LogP contribution in [0.1, 0.15) is 0 Å². The van der Waals surface area contributed by atoms with Gasteiger partial charge in [0.15, 0.2) is 0 Å². The Morgan fingerprint density at radius 3 is 2.43 bits per heavy atom. The minimum atomic E-state index is 0.248. The average molecular weight is 270 g/mol. The van der Waals surface area contributed by atoms with Crippen molar-refractivity contribution in [2.45, 2.75) is 0 Å². The van der Waals surface area contributed by atoms with E-state index >= 15 is 0 Å². The Kier molecular flexibility index (Phi) is 2.79. The molecular weight excluding hydrogens is 263 g/mol. The van der Waals surface area contributed by atoms with Gasteiger partial charge in [0, 0.05) is 5.56 Å². The lowest BCUT2D eigenvalue weighted by Gasteiger charge is -2.00. The summed E-state index contributed by atoms with van der Waals surface area (Å²) in [6, 6.07) is 11.7. The maximum atomic E-state index is 5.75. The molecule has 1 aromatic heterocycles. The van der Waals surface area contributed by atoms with E-state index in [-0.39, 0.29) is 5.28 Å². The van der Waals surface area contributed by atoms with Crippen molar-refractivity contribution in [2.24, 2.45) is 0 Å². The molecule has 0 aliphatic carbocycles. The first kappa shape index (κ1) is 9.62. The molecule has 70 valence electrons. The standard InChI is InChI=1S/C10H6BrClN2/c11-9-6-8(13-10(12)14-9)7-4-2-1-3-5-7/h1-6H. The van der Waals surface area contributed by atoms with E-state index in [9.17, 15) is 0 Å². The lowest BCUT2D eigenvalue weighted by Crippen LogP contribution is -1.87. The van der Waals surface area contributed by atoms with E-state index in [4.69, 9.17) is 11.6 Å². The zero-order chi connectivity index (χ0) is 9.97. The Morgan fingerprint density at radius 2 is 1.79 bits per heavy atom. The molecule has 0 saturated carbocycles. The van der Waals surface area contributed by atoms with Gasteiger partial charge in [-0.2, -0.15) is 0 Å². The molecule has 0 aliphatic rings. The summed E-state index contributed by atoms with van der Waals surface area (Å²) in [6.45, 7) is 0. The summed E-state index contributed by atoms with van der Waals surface area (Å²) in [5.74, 6) is 0. The zero-order valence-electron chi connectivity index (χ0n) is 7.11. The SMILES string of the molecule is Clc1nc(Br)cc(-c2ccccc2)n1. The first-order chi connectivity index (χ1) is 6.75. The van der Waals surface area contributed by atoms with Crippen LogP contribution >= 0.6 is 27.5 Å². The Bertz CT molecular complexity index is 425. The molecule has 1 aromatic carbocycles. The summed E-state index contributed by atoms with van der Waals surface area (Å²) in [5.41, 5.74) is 1.84. The molecule has 2 rings (SSSR count). The third kappa shape index (κ3) is 2.11. The van der Waals surface area contributed by atoms with Crippen LogP contribution in [0.15, 0.2) is 41.0 Å². The summed E-state index contributed by atoms with van der Waals surface area (Å²) < 4.78 is 0.691. The van der Waals surface area contributed by atoms with E-state index in [0.717, 1.165) is 11.3 Å². The fourth-order valence-corrected chi connectivity index (χ4v) is 1.82. The van der Waals surface area contributed by atoms with Crippen molar-refractivity contribution in [3.8, 4) is 11.3 Å². The lowest BCUT2D eigenvalue weighted by molar-refractivity contribution is 1.14. The number of hydrogen-bond acceptors (Lipinski definition) is 2. The van der Waals surface area contributed by atoms with Gasteiger partial charge in [0.2, 0.25) is 5.28 Å².